The molecule has 0 spiro atoms. The Morgan fingerprint density at radius 1 is 1.09 bits per heavy atom. The fourth-order valence-electron chi connectivity index (χ4n) is 4.32. The minimum absolute atomic E-state index is 0.0762. The lowest BCUT2D eigenvalue weighted by Gasteiger charge is -2.11. The first-order valence-corrected chi connectivity index (χ1v) is 12.4. The van der Waals surface area contributed by atoms with Crippen molar-refractivity contribution in [3.8, 4) is 11.4 Å². The molecule has 4 aromatic rings. The van der Waals surface area contributed by atoms with Crippen molar-refractivity contribution in [3.05, 3.63) is 60.2 Å². The van der Waals surface area contributed by atoms with Gasteiger partial charge in [-0.25, -0.2) is 4.98 Å². The van der Waals surface area contributed by atoms with Crippen molar-refractivity contribution in [1.29, 1.82) is 0 Å². The average molecular weight is 447 g/mol. The van der Waals surface area contributed by atoms with Gasteiger partial charge in [-0.3, -0.25) is 4.79 Å². The molecule has 2 aromatic carbocycles. The summed E-state index contributed by atoms with van der Waals surface area (Å²) < 4.78 is 4.23. The number of anilines is 1. The molecule has 0 fully saturated rings. The van der Waals surface area contributed by atoms with E-state index in [4.69, 9.17) is 4.98 Å². The van der Waals surface area contributed by atoms with Crippen molar-refractivity contribution in [3.63, 3.8) is 0 Å². The Morgan fingerprint density at radius 3 is 2.91 bits per heavy atom. The van der Waals surface area contributed by atoms with Crippen LogP contribution in [0, 0.1) is 0 Å². The number of benzene rings is 2. The van der Waals surface area contributed by atoms with Crippen molar-refractivity contribution >= 4 is 34.4 Å². The van der Waals surface area contributed by atoms with Crippen molar-refractivity contribution in [2.24, 2.45) is 0 Å². The van der Waals surface area contributed by atoms with Crippen LogP contribution in [0.2, 0.25) is 0 Å². The molecule has 164 valence electrons. The number of nitrogens with one attached hydrogen (secondary N) is 1. The van der Waals surface area contributed by atoms with Crippen molar-refractivity contribution in [2.45, 2.75) is 44.5 Å². The van der Waals surface area contributed by atoms with Crippen LogP contribution in [0.15, 0.2) is 48.5 Å². The summed E-state index contributed by atoms with van der Waals surface area (Å²) in [6, 6.07) is 15.8. The summed E-state index contributed by atoms with van der Waals surface area (Å²) in [4.78, 5) is 17.7. The molecule has 7 nitrogen and oxygen atoms in total. The number of hydrogen-bond acceptors (Lipinski definition) is 5. The summed E-state index contributed by atoms with van der Waals surface area (Å²) in [6.07, 6.45) is 6.54. The molecule has 0 aliphatic carbocycles. The first kappa shape index (κ1) is 20.8. The number of amides is 1. The van der Waals surface area contributed by atoms with Crippen LogP contribution < -0.4 is 5.32 Å². The van der Waals surface area contributed by atoms with E-state index in [0.717, 1.165) is 71.3 Å². The molecule has 3 heterocycles. The number of para-hydroxylation sites is 2. The molecule has 0 radical (unpaired) electrons. The quantitative estimate of drug-likeness (QED) is 0.471. The van der Waals surface area contributed by atoms with Crippen LogP contribution in [0.5, 0.6) is 0 Å². The van der Waals surface area contributed by atoms with E-state index in [0.29, 0.717) is 0 Å². The van der Waals surface area contributed by atoms with E-state index >= 15 is 0 Å². The van der Waals surface area contributed by atoms with Gasteiger partial charge in [-0.2, -0.15) is 11.8 Å². The van der Waals surface area contributed by atoms with Crippen LogP contribution in [-0.4, -0.2) is 36.5 Å². The van der Waals surface area contributed by atoms with Crippen molar-refractivity contribution < 1.29 is 4.79 Å². The third-order valence-corrected chi connectivity index (χ3v) is 6.37. The van der Waals surface area contributed by atoms with E-state index < -0.39 is 0 Å². The number of carbonyl (C=O) groups excluding carboxylic acids is 1. The number of imidazole rings is 1. The summed E-state index contributed by atoms with van der Waals surface area (Å²) >= 11 is 1.70. The molecule has 8 heteroatoms. The molecular formula is C24H26N6OS. The number of nitrogens with zero attached hydrogens (tertiary/aromatic N) is 5. The highest BCUT2D eigenvalue weighted by atomic mass is 32.2. The standard InChI is InChI=1S/C24H26N6OS/c1-32-16-22-26-19-10-4-5-11-20(19)30(22)15-23(31)25-18-9-7-8-17(14-18)24-28-27-21-12-3-2-6-13-29(21)24/h4-5,7-11,14H,2-3,6,12-13,15-16H2,1H3,(H,25,31). The lowest BCUT2D eigenvalue weighted by atomic mass is 10.2. The molecule has 0 unspecified atom stereocenters. The highest BCUT2D eigenvalue weighted by Gasteiger charge is 2.17. The highest BCUT2D eigenvalue weighted by molar-refractivity contribution is 7.97. The number of aromatic nitrogens is 5. The minimum atomic E-state index is -0.0762. The largest absolute Gasteiger partial charge is 0.325 e. The van der Waals surface area contributed by atoms with Gasteiger partial charge in [0.05, 0.1) is 16.8 Å². The second-order valence-electron chi connectivity index (χ2n) is 8.07. The van der Waals surface area contributed by atoms with Gasteiger partial charge in [0, 0.05) is 24.2 Å². The molecule has 1 amide bonds. The molecule has 0 atom stereocenters. The van der Waals surface area contributed by atoms with Crippen molar-refractivity contribution in [2.75, 3.05) is 11.6 Å². The number of rotatable bonds is 6. The Morgan fingerprint density at radius 2 is 2.00 bits per heavy atom. The van der Waals surface area contributed by atoms with Gasteiger partial charge in [-0.15, -0.1) is 10.2 Å². The zero-order valence-corrected chi connectivity index (χ0v) is 18.9. The summed E-state index contributed by atoms with van der Waals surface area (Å²) in [5, 5.41) is 11.9. The van der Waals surface area contributed by atoms with Crippen LogP contribution in [0.1, 0.15) is 30.9 Å². The molecule has 0 saturated carbocycles. The second kappa shape index (κ2) is 9.16. The maximum atomic E-state index is 13.0. The average Bonchev–Trinajstić information content (AvgIpc) is 3.27. The normalized spacial score (nSPS) is 13.7. The van der Waals surface area contributed by atoms with Crippen LogP contribution >= 0.6 is 11.8 Å². The molecule has 1 aliphatic rings. The first-order chi connectivity index (χ1) is 15.7. The Kier molecular flexibility index (Phi) is 5.94. The maximum Gasteiger partial charge on any atom is 0.244 e. The number of fused-ring (bicyclic) bond motifs is 2. The Balaban J connectivity index is 1.37. The van der Waals surface area contributed by atoms with E-state index in [1.165, 1.54) is 6.42 Å². The first-order valence-electron chi connectivity index (χ1n) is 11.0. The van der Waals surface area contributed by atoms with Gasteiger partial charge in [-0.1, -0.05) is 30.7 Å². The van der Waals surface area contributed by atoms with Gasteiger partial charge >= 0.3 is 0 Å². The van der Waals surface area contributed by atoms with E-state index in [2.05, 4.69) is 20.1 Å². The highest BCUT2D eigenvalue weighted by Crippen LogP contribution is 2.25. The third kappa shape index (κ3) is 4.14. The predicted octanol–water partition coefficient (Wildman–Crippen LogP) is 4.52. The number of thioether (sulfide) groups is 1. The minimum Gasteiger partial charge on any atom is -0.325 e. The smallest absolute Gasteiger partial charge is 0.244 e. The van der Waals surface area contributed by atoms with Gasteiger partial charge in [0.15, 0.2) is 5.82 Å². The second-order valence-corrected chi connectivity index (χ2v) is 8.93. The van der Waals surface area contributed by atoms with E-state index in [-0.39, 0.29) is 12.5 Å². The summed E-state index contributed by atoms with van der Waals surface area (Å²) in [7, 11) is 0. The Bertz CT molecular complexity index is 1260. The lowest BCUT2D eigenvalue weighted by Crippen LogP contribution is -2.20. The van der Waals surface area contributed by atoms with Crippen LogP contribution in [0.3, 0.4) is 0 Å². The monoisotopic (exact) mass is 446 g/mol. The summed E-state index contributed by atoms with van der Waals surface area (Å²) in [5.41, 5.74) is 3.62. The molecule has 1 aliphatic heterocycles. The Hall–Kier alpha value is -3.13. The molecule has 0 saturated heterocycles. The van der Waals surface area contributed by atoms with Crippen LogP contribution in [0.4, 0.5) is 5.69 Å². The van der Waals surface area contributed by atoms with Crippen LogP contribution in [0.25, 0.3) is 22.4 Å². The predicted molar refractivity (Wildman–Crippen MR) is 129 cm³/mol. The summed E-state index contributed by atoms with van der Waals surface area (Å²) in [6.45, 7) is 1.17. The van der Waals surface area contributed by atoms with E-state index in [1.807, 2.05) is 59.4 Å². The topological polar surface area (TPSA) is 77.6 Å². The van der Waals surface area contributed by atoms with Gasteiger partial charge in [0.25, 0.3) is 0 Å². The molecule has 0 bridgehead atoms. The van der Waals surface area contributed by atoms with Gasteiger partial charge in [0.2, 0.25) is 5.91 Å². The zero-order valence-electron chi connectivity index (χ0n) is 18.1. The van der Waals surface area contributed by atoms with E-state index in [1.54, 1.807) is 11.8 Å². The van der Waals surface area contributed by atoms with Gasteiger partial charge in [-0.05, 0) is 43.4 Å². The fourth-order valence-corrected chi connectivity index (χ4v) is 4.80. The third-order valence-electron chi connectivity index (χ3n) is 5.82. The Labute approximate surface area is 191 Å². The molecule has 32 heavy (non-hydrogen) atoms. The SMILES string of the molecule is CSCc1nc2ccccc2n1CC(=O)Nc1cccc(-c2nnc3n2CCCCC3)c1. The number of carbonyl (C=O) groups is 1. The maximum absolute atomic E-state index is 13.0. The fraction of sp³-hybridized carbons (Fsp3) is 0.333. The lowest BCUT2D eigenvalue weighted by molar-refractivity contribution is -0.116. The number of aryl methyl sites for hydroxylation is 1. The van der Waals surface area contributed by atoms with Gasteiger partial charge < -0.3 is 14.5 Å². The molecule has 1 N–H and O–H groups in total. The van der Waals surface area contributed by atoms with Crippen molar-refractivity contribution in [1.82, 2.24) is 24.3 Å². The summed E-state index contributed by atoms with van der Waals surface area (Å²) in [5.74, 6) is 3.53. The van der Waals surface area contributed by atoms with E-state index in [9.17, 15) is 4.79 Å². The molecule has 2 aromatic heterocycles. The van der Waals surface area contributed by atoms with Gasteiger partial charge in [0.1, 0.15) is 18.2 Å². The zero-order chi connectivity index (χ0) is 21.9. The molecular weight excluding hydrogens is 420 g/mol. The molecule has 5 rings (SSSR count). The van der Waals surface area contributed by atoms with Crippen LogP contribution in [-0.2, 0) is 30.1 Å². The number of hydrogen-bond donors (Lipinski definition) is 1.